The zero-order valence-electron chi connectivity index (χ0n) is 10.6. The van der Waals surface area contributed by atoms with Crippen LogP contribution in [-0.2, 0) is 4.74 Å². The summed E-state index contributed by atoms with van der Waals surface area (Å²) in [7, 11) is 0. The quantitative estimate of drug-likeness (QED) is 0.866. The molecule has 4 heteroatoms. The maximum absolute atomic E-state index is 5.80. The SMILES string of the molecule is CCC1COCCN1c1ccc([C@H](C)N)nc1. The Morgan fingerprint density at radius 1 is 1.59 bits per heavy atom. The first-order valence-electron chi connectivity index (χ1n) is 6.28. The van der Waals surface area contributed by atoms with Gasteiger partial charge in [-0.25, -0.2) is 0 Å². The van der Waals surface area contributed by atoms with E-state index < -0.39 is 0 Å². The molecular weight excluding hydrogens is 214 g/mol. The van der Waals surface area contributed by atoms with Gasteiger partial charge in [-0.2, -0.15) is 0 Å². The number of hydrogen-bond donors (Lipinski definition) is 1. The number of anilines is 1. The van der Waals surface area contributed by atoms with Crippen molar-refractivity contribution in [2.75, 3.05) is 24.7 Å². The van der Waals surface area contributed by atoms with Crippen LogP contribution in [-0.4, -0.2) is 30.8 Å². The lowest BCUT2D eigenvalue weighted by Crippen LogP contribution is -2.45. The maximum atomic E-state index is 5.80. The predicted octanol–water partition coefficient (Wildman–Crippen LogP) is 1.72. The summed E-state index contributed by atoms with van der Waals surface area (Å²) in [5, 5.41) is 0. The summed E-state index contributed by atoms with van der Waals surface area (Å²) in [5.74, 6) is 0. The fraction of sp³-hybridized carbons (Fsp3) is 0.615. The molecule has 94 valence electrons. The summed E-state index contributed by atoms with van der Waals surface area (Å²) in [6.07, 6.45) is 3.02. The fourth-order valence-corrected chi connectivity index (χ4v) is 2.17. The van der Waals surface area contributed by atoms with Gasteiger partial charge in [-0.1, -0.05) is 6.92 Å². The third-order valence-electron chi connectivity index (χ3n) is 3.27. The van der Waals surface area contributed by atoms with E-state index in [-0.39, 0.29) is 6.04 Å². The molecule has 0 aromatic carbocycles. The molecule has 0 bridgehead atoms. The molecule has 2 N–H and O–H groups in total. The summed E-state index contributed by atoms with van der Waals surface area (Å²) in [6.45, 7) is 6.69. The number of nitrogens with two attached hydrogens (primary N) is 1. The highest BCUT2D eigenvalue weighted by Crippen LogP contribution is 2.21. The van der Waals surface area contributed by atoms with Crippen LogP contribution in [0.4, 0.5) is 5.69 Å². The molecule has 1 aromatic heterocycles. The molecule has 2 heterocycles. The van der Waals surface area contributed by atoms with Crippen LogP contribution >= 0.6 is 0 Å². The lowest BCUT2D eigenvalue weighted by atomic mass is 10.1. The molecule has 1 fully saturated rings. The van der Waals surface area contributed by atoms with Crippen molar-refractivity contribution in [1.29, 1.82) is 0 Å². The van der Waals surface area contributed by atoms with Crippen LogP contribution in [0.2, 0.25) is 0 Å². The van der Waals surface area contributed by atoms with Crippen molar-refractivity contribution in [3.05, 3.63) is 24.0 Å². The monoisotopic (exact) mass is 235 g/mol. The Balaban J connectivity index is 2.15. The summed E-state index contributed by atoms with van der Waals surface area (Å²) in [4.78, 5) is 6.79. The molecule has 1 aliphatic rings. The normalized spacial score (nSPS) is 22.5. The smallest absolute Gasteiger partial charge is 0.0670 e. The topological polar surface area (TPSA) is 51.4 Å². The second kappa shape index (κ2) is 5.47. The third kappa shape index (κ3) is 2.76. The van der Waals surface area contributed by atoms with Crippen molar-refractivity contribution in [1.82, 2.24) is 4.98 Å². The highest BCUT2D eigenvalue weighted by atomic mass is 16.5. The molecule has 1 aromatic rings. The highest BCUT2D eigenvalue weighted by molar-refractivity contribution is 5.46. The van der Waals surface area contributed by atoms with Gasteiger partial charge in [-0.05, 0) is 25.5 Å². The Morgan fingerprint density at radius 2 is 2.41 bits per heavy atom. The van der Waals surface area contributed by atoms with Gasteiger partial charge in [0, 0.05) is 12.6 Å². The molecule has 1 unspecified atom stereocenters. The van der Waals surface area contributed by atoms with Gasteiger partial charge in [0.1, 0.15) is 0 Å². The van der Waals surface area contributed by atoms with E-state index in [0.29, 0.717) is 6.04 Å². The molecule has 0 spiro atoms. The van der Waals surface area contributed by atoms with E-state index >= 15 is 0 Å². The summed E-state index contributed by atoms with van der Waals surface area (Å²) in [6, 6.07) is 4.59. The minimum atomic E-state index is -0.00397. The van der Waals surface area contributed by atoms with Crippen LogP contribution in [0.15, 0.2) is 18.3 Å². The average Bonchev–Trinajstić information content (AvgIpc) is 2.39. The maximum Gasteiger partial charge on any atom is 0.0670 e. The molecule has 0 radical (unpaired) electrons. The molecule has 4 nitrogen and oxygen atoms in total. The molecule has 0 saturated carbocycles. The summed E-state index contributed by atoms with van der Waals surface area (Å²) in [5.41, 5.74) is 7.91. The Hall–Kier alpha value is -1.13. The van der Waals surface area contributed by atoms with E-state index in [1.807, 2.05) is 19.2 Å². The van der Waals surface area contributed by atoms with Crippen molar-refractivity contribution >= 4 is 5.69 Å². The molecule has 0 aliphatic carbocycles. The van der Waals surface area contributed by atoms with Crippen LogP contribution in [0.1, 0.15) is 32.0 Å². The number of ether oxygens (including phenoxy) is 1. The average molecular weight is 235 g/mol. The molecule has 2 rings (SSSR count). The first kappa shape index (κ1) is 12.3. The van der Waals surface area contributed by atoms with Crippen LogP contribution in [0.3, 0.4) is 0 Å². The van der Waals surface area contributed by atoms with E-state index in [9.17, 15) is 0 Å². The zero-order chi connectivity index (χ0) is 12.3. The number of aromatic nitrogens is 1. The number of rotatable bonds is 3. The molecule has 1 aliphatic heterocycles. The second-order valence-electron chi connectivity index (χ2n) is 4.56. The molecular formula is C13H21N3O. The van der Waals surface area contributed by atoms with Crippen molar-refractivity contribution in [2.24, 2.45) is 5.73 Å². The fourth-order valence-electron chi connectivity index (χ4n) is 2.17. The molecule has 0 amide bonds. The Morgan fingerprint density at radius 3 is 3.00 bits per heavy atom. The van der Waals surface area contributed by atoms with E-state index in [2.05, 4.69) is 22.9 Å². The van der Waals surface area contributed by atoms with E-state index in [1.54, 1.807) is 0 Å². The van der Waals surface area contributed by atoms with E-state index in [1.165, 1.54) is 5.69 Å². The third-order valence-corrected chi connectivity index (χ3v) is 3.27. The van der Waals surface area contributed by atoms with Gasteiger partial charge in [0.25, 0.3) is 0 Å². The standard InChI is InChI=1S/C13H21N3O/c1-3-11-9-17-7-6-16(11)12-4-5-13(10(2)14)15-8-12/h4-5,8,10-11H,3,6-7,9,14H2,1-2H3/t10-,11?/m0/s1. The Kier molecular flexibility index (Phi) is 3.97. The van der Waals surface area contributed by atoms with Crippen LogP contribution in [0.25, 0.3) is 0 Å². The van der Waals surface area contributed by atoms with Gasteiger partial charge in [0.15, 0.2) is 0 Å². The van der Waals surface area contributed by atoms with Crippen LogP contribution in [0.5, 0.6) is 0 Å². The number of hydrogen-bond acceptors (Lipinski definition) is 4. The lowest BCUT2D eigenvalue weighted by Gasteiger charge is -2.36. The first-order valence-corrected chi connectivity index (χ1v) is 6.28. The van der Waals surface area contributed by atoms with Gasteiger partial charge in [-0.15, -0.1) is 0 Å². The van der Waals surface area contributed by atoms with Crippen molar-refractivity contribution in [2.45, 2.75) is 32.4 Å². The number of nitrogens with zero attached hydrogens (tertiary/aromatic N) is 2. The summed E-state index contributed by atoms with van der Waals surface area (Å²) < 4.78 is 5.50. The molecule has 2 atom stereocenters. The Labute approximate surface area is 103 Å². The zero-order valence-corrected chi connectivity index (χ0v) is 10.6. The van der Waals surface area contributed by atoms with Crippen LogP contribution < -0.4 is 10.6 Å². The molecule has 1 saturated heterocycles. The van der Waals surface area contributed by atoms with Crippen molar-refractivity contribution in [3.63, 3.8) is 0 Å². The lowest BCUT2D eigenvalue weighted by molar-refractivity contribution is 0.0929. The van der Waals surface area contributed by atoms with Crippen molar-refractivity contribution < 1.29 is 4.74 Å². The van der Waals surface area contributed by atoms with Crippen LogP contribution in [0, 0.1) is 0 Å². The van der Waals surface area contributed by atoms with E-state index in [4.69, 9.17) is 10.5 Å². The molecule has 17 heavy (non-hydrogen) atoms. The number of pyridine rings is 1. The first-order chi connectivity index (χ1) is 8.22. The van der Waals surface area contributed by atoms with Gasteiger partial charge in [0.2, 0.25) is 0 Å². The van der Waals surface area contributed by atoms with Crippen molar-refractivity contribution in [3.8, 4) is 0 Å². The minimum absolute atomic E-state index is 0.00397. The minimum Gasteiger partial charge on any atom is -0.377 e. The second-order valence-corrected chi connectivity index (χ2v) is 4.56. The largest absolute Gasteiger partial charge is 0.377 e. The van der Waals surface area contributed by atoms with Gasteiger partial charge in [0.05, 0.1) is 36.8 Å². The van der Waals surface area contributed by atoms with Gasteiger partial charge >= 0.3 is 0 Å². The number of morpholine rings is 1. The van der Waals surface area contributed by atoms with Gasteiger partial charge < -0.3 is 15.4 Å². The van der Waals surface area contributed by atoms with Gasteiger partial charge in [-0.3, -0.25) is 4.98 Å². The van der Waals surface area contributed by atoms with E-state index in [0.717, 1.165) is 31.9 Å². The summed E-state index contributed by atoms with van der Waals surface area (Å²) >= 11 is 0. The Bertz CT molecular complexity index is 350. The highest BCUT2D eigenvalue weighted by Gasteiger charge is 2.21. The predicted molar refractivity (Wildman–Crippen MR) is 69.1 cm³/mol.